The van der Waals surface area contributed by atoms with Gasteiger partial charge in [0.15, 0.2) is 0 Å². The molecule has 3 rings (SSSR count). The van der Waals surface area contributed by atoms with E-state index < -0.39 is 6.10 Å². The Morgan fingerprint density at radius 1 is 1.14 bits per heavy atom. The van der Waals surface area contributed by atoms with Crippen LogP contribution >= 0.6 is 0 Å². The van der Waals surface area contributed by atoms with E-state index in [0.29, 0.717) is 18.6 Å². The molecule has 0 saturated heterocycles. The molecule has 0 spiro atoms. The number of amides is 2. The van der Waals surface area contributed by atoms with Gasteiger partial charge in [-0.3, -0.25) is 0 Å². The van der Waals surface area contributed by atoms with Crippen molar-refractivity contribution < 1.29 is 14.6 Å². The van der Waals surface area contributed by atoms with Crippen LogP contribution in [0.4, 0.5) is 4.79 Å². The van der Waals surface area contributed by atoms with Crippen LogP contribution in [0.2, 0.25) is 0 Å². The predicted molar refractivity (Wildman–Crippen MR) is 84.6 cm³/mol. The predicted octanol–water partition coefficient (Wildman–Crippen LogP) is 2.04. The summed E-state index contributed by atoms with van der Waals surface area (Å²) >= 11 is 0. The lowest BCUT2D eigenvalue weighted by molar-refractivity contribution is 0.0336. The third-order valence-corrected chi connectivity index (χ3v) is 5.20. The van der Waals surface area contributed by atoms with Crippen LogP contribution in [0.25, 0.3) is 0 Å². The fourth-order valence-corrected chi connectivity index (χ4v) is 3.52. The average molecular weight is 310 g/mol. The molecule has 0 aromatic heterocycles. The summed E-state index contributed by atoms with van der Waals surface area (Å²) in [5.41, 5.74) is 0. The topological polar surface area (TPSA) is 70.6 Å². The van der Waals surface area contributed by atoms with E-state index in [2.05, 4.69) is 10.6 Å². The highest BCUT2D eigenvalue weighted by Gasteiger charge is 2.35. The Balaban J connectivity index is 1.26. The van der Waals surface area contributed by atoms with E-state index in [-0.39, 0.29) is 12.6 Å². The third kappa shape index (κ3) is 5.43. The zero-order valence-corrected chi connectivity index (χ0v) is 13.4. The molecule has 126 valence electrons. The second-order valence-electron chi connectivity index (χ2n) is 7.45. The largest absolute Gasteiger partial charge is 0.389 e. The summed E-state index contributed by atoms with van der Waals surface area (Å²) in [5, 5.41) is 15.6. The van der Waals surface area contributed by atoms with Gasteiger partial charge in [0.25, 0.3) is 0 Å². The van der Waals surface area contributed by atoms with E-state index in [1.807, 2.05) is 0 Å². The maximum atomic E-state index is 11.9. The van der Waals surface area contributed by atoms with Gasteiger partial charge in [0.05, 0.1) is 12.7 Å². The van der Waals surface area contributed by atoms with E-state index in [9.17, 15) is 9.90 Å². The molecule has 0 heterocycles. The molecule has 0 aliphatic heterocycles. The van der Waals surface area contributed by atoms with Crippen molar-refractivity contribution in [1.82, 2.24) is 10.6 Å². The van der Waals surface area contributed by atoms with E-state index in [1.165, 1.54) is 38.5 Å². The molecule has 3 aliphatic rings. The number of aliphatic hydroxyl groups excluding tert-OH is 1. The Labute approximate surface area is 133 Å². The number of carbonyl (C=O) groups is 1. The third-order valence-electron chi connectivity index (χ3n) is 5.20. The highest BCUT2D eigenvalue weighted by atomic mass is 16.5. The highest BCUT2D eigenvalue weighted by Crippen LogP contribution is 2.43. The number of aliphatic hydroxyl groups is 1. The monoisotopic (exact) mass is 310 g/mol. The van der Waals surface area contributed by atoms with E-state index in [0.717, 1.165) is 31.3 Å². The molecule has 2 amide bonds. The molecule has 0 radical (unpaired) electrons. The molecule has 3 aliphatic carbocycles. The van der Waals surface area contributed by atoms with Crippen molar-refractivity contribution in [2.45, 2.75) is 63.5 Å². The number of hydrogen-bond donors (Lipinski definition) is 3. The van der Waals surface area contributed by atoms with Gasteiger partial charge >= 0.3 is 6.03 Å². The minimum absolute atomic E-state index is 0.150. The van der Waals surface area contributed by atoms with Gasteiger partial charge in [0.2, 0.25) is 0 Å². The molecule has 5 nitrogen and oxygen atoms in total. The van der Waals surface area contributed by atoms with Gasteiger partial charge < -0.3 is 20.5 Å². The van der Waals surface area contributed by atoms with Crippen molar-refractivity contribution in [3.05, 3.63) is 0 Å². The zero-order valence-electron chi connectivity index (χ0n) is 13.4. The van der Waals surface area contributed by atoms with Crippen LogP contribution in [-0.4, -0.2) is 43.0 Å². The first-order chi connectivity index (χ1) is 10.7. The summed E-state index contributed by atoms with van der Waals surface area (Å²) in [4.78, 5) is 11.9. The van der Waals surface area contributed by atoms with E-state index >= 15 is 0 Å². The first-order valence-electron chi connectivity index (χ1n) is 9.01. The van der Waals surface area contributed by atoms with Gasteiger partial charge in [-0.25, -0.2) is 4.79 Å². The summed E-state index contributed by atoms with van der Waals surface area (Å²) in [6, 6.07) is 0.158. The maximum absolute atomic E-state index is 11.9. The van der Waals surface area contributed by atoms with Crippen LogP contribution in [0.1, 0.15) is 51.4 Å². The second kappa shape index (κ2) is 7.64. The van der Waals surface area contributed by atoms with Crippen molar-refractivity contribution >= 4 is 6.03 Å². The van der Waals surface area contributed by atoms with Crippen molar-refractivity contribution in [1.29, 1.82) is 0 Å². The molecule has 0 aromatic carbocycles. The van der Waals surface area contributed by atoms with Crippen LogP contribution in [0.3, 0.4) is 0 Å². The Morgan fingerprint density at radius 2 is 1.95 bits per heavy atom. The number of urea groups is 1. The van der Waals surface area contributed by atoms with Gasteiger partial charge in [-0.15, -0.1) is 0 Å². The molecule has 0 aromatic rings. The Morgan fingerprint density at radius 3 is 2.68 bits per heavy atom. The summed E-state index contributed by atoms with van der Waals surface area (Å²) in [7, 11) is 0. The first-order valence-corrected chi connectivity index (χ1v) is 9.01. The molecule has 5 heteroatoms. The number of nitrogens with one attached hydrogen (secondary N) is 2. The lowest BCUT2D eigenvalue weighted by Gasteiger charge is -2.30. The number of carbonyl (C=O) groups excluding carboxylic acids is 1. The minimum atomic E-state index is -0.616. The van der Waals surface area contributed by atoms with Crippen molar-refractivity contribution in [3.63, 3.8) is 0 Å². The first kappa shape index (κ1) is 16.1. The summed E-state index contributed by atoms with van der Waals surface area (Å²) in [6.07, 6.45) is 9.43. The summed E-state index contributed by atoms with van der Waals surface area (Å²) in [5.74, 6) is 2.45. The second-order valence-corrected chi connectivity index (χ2v) is 7.45. The molecule has 22 heavy (non-hydrogen) atoms. The molecule has 3 atom stereocenters. The minimum Gasteiger partial charge on any atom is -0.389 e. The Bertz CT molecular complexity index is 369. The van der Waals surface area contributed by atoms with Crippen molar-refractivity contribution in [3.8, 4) is 0 Å². The Hall–Kier alpha value is -0.810. The van der Waals surface area contributed by atoms with Gasteiger partial charge in [-0.2, -0.15) is 0 Å². The lowest BCUT2D eigenvalue weighted by Crippen LogP contribution is -2.46. The van der Waals surface area contributed by atoms with Gasteiger partial charge in [0.1, 0.15) is 0 Å². The average Bonchev–Trinajstić information content (AvgIpc) is 3.38. The molecule has 0 unspecified atom stereocenters. The van der Waals surface area contributed by atoms with Crippen LogP contribution in [0.15, 0.2) is 0 Å². The highest BCUT2D eigenvalue weighted by molar-refractivity contribution is 5.74. The van der Waals surface area contributed by atoms with Gasteiger partial charge in [0, 0.05) is 19.2 Å². The Kier molecular flexibility index (Phi) is 5.58. The standard InChI is InChI=1S/C17H30N2O3/c20-16(11-22-10-12-4-5-12)9-18-17(21)19-15-3-1-2-14(8-15)13-6-7-13/h12-16,20H,1-11H2,(H2,18,19,21)/t14-,15+,16-/m0/s1. The molecule has 3 saturated carbocycles. The molecular formula is C17H30N2O3. The molecule has 0 bridgehead atoms. The van der Waals surface area contributed by atoms with Crippen LogP contribution in [0.5, 0.6) is 0 Å². The van der Waals surface area contributed by atoms with Crippen LogP contribution < -0.4 is 10.6 Å². The number of ether oxygens (including phenoxy) is 1. The van der Waals surface area contributed by atoms with Crippen LogP contribution in [-0.2, 0) is 4.74 Å². The van der Waals surface area contributed by atoms with Crippen molar-refractivity contribution in [2.75, 3.05) is 19.8 Å². The van der Waals surface area contributed by atoms with E-state index in [4.69, 9.17) is 4.74 Å². The zero-order chi connectivity index (χ0) is 15.4. The van der Waals surface area contributed by atoms with Crippen molar-refractivity contribution in [2.24, 2.45) is 17.8 Å². The van der Waals surface area contributed by atoms with Gasteiger partial charge in [-0.05, 0) is 56.3 Å². The van der Waals surface area contributed by atoms with Gasteiger partial charge in [-0.1, -0.05) is 12.8 Å². The smallest absolute Gasteiger partial charge is 0.315 e. The SMILES string of the molecule is O=C(NC[C@H](O)COCC1CC1)N[C@@H]1CCC[C@H](C2CC2)C1. The molecular weight excluding hydrogens is 280 g/mol. The van der Waals surface area contributed by atoms with Crippen LogP contribution in [0, 0.1) is 17.8 Å². The quantitative estimate of drug-likeness (QED) is 0.642. The number of hydrogen-bond acceptors (Lipinski definition) is 3. The maximum Gasteiger partial charge on any atom is 0.315 e. The lowest BCUT2D eigenvalue weighted by atomic mass is 9.83. The fraction of sp³-hybridized carbons (Fsp3) is 0.941. The molecule has 3 N–H and O–H groups in total. The summed E-state index contributed by atoms with van der Waals surface area (Å²) < 4.78 is 5.43. The summed E-state index contributed by atoms with van der Waals surface area (Å²) in [6.45, 7) is 1.31. The fourth-order valence-electron chi connectivity index (χ4n) is 3.52. The number of rotatable bonds is 8. The van der Waals surface area contributed by atoms with E-state index in [1.54, 1.807) is 0 Å². The molecule has 3 fully saturated rings. The normalized spacial score (nSPS) is 29.9.